The average Bonchev–Trinajstić information content (AvgIpc) is 2.88. The molecular weight excluding hydrogens is 204 g/mol. The number of nitrogens with one attached hydrogen (secondary N) is 1. The van der Waals surface area contributed by atoms with E-state index in [0.717, 1.165) is 31.0 Å². The molecule has 1 unspecified atom stereocenters. The Kier molecular flexibility index (Phi) is 2.25. The lowest BCUT2D eigenvalue weighted by atomic mass is 10.3. The molecule has 3 rings (SSSR count). The monoisotopic (exact) mass is 218 g/mol. The normalized spacial score (nSPS) is 20.4. The van der Waals surface area contributed by atoms with Crippen LogP contribution in [0.5, 0.6) is 0 Å². The van der Waals surface area contributed by atoms with Crippen molar-refractivity contribution in [1.82, 2.24) is 14.6 Å². The lowest BCUT2D eigenvalue weighted by Gasteiger charge is -2.06. The molecule has 1 fully saturated rings. The fraction of sp³-hybridized carbons (Fsp3) is 0.455. The van der Waals surface area contributed by atoms with Crippen LogP contribution in [0.1, 0.15) is 12.1 Å². The number of anilines is 1. The molecule has 5 nitrogen and oxygen atoms in total. The highest BCUT2D eigenvalue weighted by atomic mass is 16.5. The van der Waals surface area contributed by atoms with E-state index in [2.05, 4.69) is 15.4 Å². The maximum absolute atomic E-state index is 5.30. The molecule has 0 saturated carbocycles. The van der Waals surface area contributed by atoms with Crippen molar-refractivity contribution in [3.63, 3.8) is 0 Å². The molecule has 0 aliphatic carbocycles. The summed E-state index contributed by atoms with van der Waals surface area (Å²) in [6, 6.07) is 6.31. The average molecular weight is 218 g/mol. The number of nitrogens with zero attached hydrogens (tertiary/aromatic N) is 3. The first-order chi connectivity index (χ1) is 7.83. The number of pyridine rings is 1. The van der Waals surface area contributed by atoms with Gasteiger partial charge in [-0.3, -0.25) is 0 Å². The van der Waals surface area contributed by atoms with Crippen molar-refractivity contribution in [2.45, 2.75) is 19.4 Å². The molecule has 0 bridgehead atoms. The number of hydrogen-bond acceptors (Lipinski definition) is 4. The van der Waals surface area contributed by atoms with Gasteiger partial charge in [-0.1, -0.05) is 6.07 Å². The van der Waals surface area contributed by atoms with Crippen LogP contribution in [0.2, 0.25) is 0 Å². The molecule has 1 aliphatic rings. The predicted molar refractivity (Wildman–Crippen MR) is 60.6 cm³/mol. The molecular formula is C11H14N4O. The summed E-state index contributed by atoms with van der Waals surface area (Å²) < 4.78 is 7.15. The zero-order valence-corrected chi connectivity index (χ0v) is 9.18. The molecule has 1 aliphatic heterocycles. The highest BCUT2D eigenvalue weighted by molar-refractivity contribution is 5.44. The van der Waals surface area contributed by atoms with Crippen LogP contribution in [-0.4, -0.2) is 33.9 Å². The van der Waals surface area contributed by atoms with Gasteiger partial charge in [0.15, 0.2) is 5.65 Å². The van der Waals surface area contributed by atoms with E-state index in [9.17, 15) is 0 Å². The van der Waals surface area contributed by atoms with Crippen LogP contribution < -0.4 is 5.32 Å². The van der Waals surface area contributed by atoms with E-state index in [4.69, 9.17) is 4.74 Å². The van der Waals surface area contributed by atoms with Crippen LogP contribution >= 0.6 is 0 Å². The molecule has 84 valence electrons. The van der Waals surface area contributed by atoms with E-state index in [-0.39, 0.29) is 0 Å². The lowest BCUT2D eigenvalue weighted by Crippen LogP contribution is -2.19. The predicted octanol–water partition coefficient (Wildman–Crippen LogP) is 1.24. The van der Waals surface area contributed by atoms with E-state index in [1.54, 1.807) is 0 Å². The number of aryl methyl sites for hydroxylation is 1. The summed E-state index contributed by atoms with van der Waals surface area (Å²) in [6.45, 7) is 3.59. The van der Waals surface area contributed by atoms with E-state index in [0.29, 0.717) is 12.0 Å². The van der Waals surface area contributed by atoms with Gasteiger partial charge in [0, 0.05) is 12.3 Å². The van der Waals surface area contributed by atoms with Gasteiger partial charge < -0.3 is 10.1 Å². The molecule has 1 saturated heterocycles. The third-order valence-electron chi connectivity index (χ3n) is 2.81. The molecule has 2 aromatic heterocycles. The first kappa shape index (κ1) is 9.59. The smallest absolute Gasteiger partial charge is 0.243 e. The summed E-state index contributed by atoms with van der Waals surface area (Å²) in [6.07, 6.45) is 1.02. The summed E-state index contributed by atoms with van der Waals surface area (Å²) in [5.74, 6) is 0.685. The van der Waals surface area contributed by atoms with Crippen molar-refractivity contribution < 1.29 is 4.74 Å². The molecule has 0 spiro atoms. The van der Waals surface area contributed by atoms with Gasteiger partial charge in [-0.05, 0) is 25.5 Å². The Morgan fingerprint density at radius 2 is 2.44 bits per heavy atom. The van der Waals surface area contributed by atoms with E-state index in [1.165, 1.54) is 0 Å². The zero-order valence-electron chi connectivity index (χ0n) is 9.18. The lowest BCUT2D eigenvalue weighted by molar-refractivity contribution is 0.195. The SMILES string of the molecule is Cc1cccc2nc(NC3CCOC3)nn12. The Bertz CT molecular complexity index is 502. The summed E-state index contributed by atoms with van der Waals surface area (Å²) in [5.41, 5.74) is 1.96. The maximum atomic E-state index is 5.30. The van der Waals surface area contributed by atoms with Crippen LogP contribution in [0.4, 0.5) is 5.95 Å². The molecule has 3 heterocycles. The van der Waals surface area contributed by atoms with Gasteiger partial charge in [-0.25, -0.2) is 4.52 Å². The van der Waals surface area contributed by atoms with E-state index in [1.807, 2.05) is 29.6 Å². The minimum absolute atomic E-state index is 0.345. The molecule has 16 heavy (non-hydrogen) atoms. The number of ether oxygens (including phenoxy) is 1. The Hall–Kier alpha value is -1.62. The second-order valence-corrected chi connectivity index (χ2v) is 4.08. The zero-order chi connectivity index (χ0) is 11.0. The van der Waals surface area contributed by atoms with Crippen LogP contribution in [0, 0.1) is 6.92 Å². The number of fused-ring (bicyclic) bond motifs is 1. The Balaban J connectivity index is 1.90. The van der Waals surface area contributed by atoms with Crippen LogP contribution in [-0.2, 0) is 4.74 Å². The first-order valence-electron chi connectivity index (χ1n) is 5.49. The Morgan fingerprint density at radius 1 is 1.50 bits per heavy atom. The summed E-state index contributed by atoms with van der Waals surface area (Å²) in [4.78, 5) is 4.42. The first-order valence-corrected chi connectivity index (χ1v) is 5.49. The molecule has 1 atom stereocenters. The van der Waals surface area contributed by atoms with E-state index < -0.39 is 0 Å². The third-order valence-corrected chi connectivity index (χ3v) is 2.81. The second kappa shape index (κ2) is 3.75. The van der Waals surface area contributed by atoms with Crippen molar-refractivity contribution in [1.29, 1.82) is 0 Å². The van der Waals surface area contributed by atoms with Crippen molar-refractivity contribution >= 4 is 11.6 Å². The van der Waals surface area contributed by atoms with Gasteiger partial charge in [0.2, 0.25) is 5.95 Å². The largest absolute Gasteiger partial charge is 0.379 e. The van der Waals surface area contributed by atoms with Crippen molar-refractivity contribution in [2.75, 3.05) is 18.5 Å². The number of hydrogen-bond donors (Lipinski definition) is 1. The van der Waals surface area contributed by atoms with Gasteiger partial charge in [0.1, 0.15) is 0 Å². The molecule has 2 aromatic rings. The number of aromatic nitrogens is 3. The highest BCUT2D eigenvalue weighted by Crippen LogP contribution is 2.12. The molecule has 0 aromatic carbocycles. The Labute approximate surface area is 93.4 Å². The Morgan fingerprint density at radius 3 is 3.19 bits per heavy atom. The maximum Gasteiger partial charge on any atom is 0.243 e. The molecule has 0 amide bonds. The standard InChI is InChI=1S/C11H14N4O/c1-8-3-2-4-10-13-11(14-15(8)10)12-9-5-6-16-7-9/h2-4,9H,5-7H2,1H3,(H,12,14). The van der Waals surface area contributed by atoms with Gasteiger partial charge in [-0.2, -0.15) is 4.98 Å². The van der Waals surface area contributed by atoms with Gasteiger partial charge in [0.05, 0.1) is 12.6 Å². The van der Waals surface area contributed by atoms with Gasteiger partial charge in [0.25, 0.3) is 0 Å². The van der Waals surface area contributed by atoms with Crippen LogP contribution in [0.25, 0.3) is 5.65 Å². The van der Waals surface area contributed by atoms with Crippen molar-refractivity contribution in [3.8, 4) is 0 Å². The van der Waals surface area contributed by atoms with Crippen molar-refractivity contribution in [3.05, 3.63) is 23.9 Å². The van der Waals surface area contributed by atoms with Crippen LogP contribution in [0.3, 0.4) is 0 Å². The summed E-state index contributed by atoms with van der Waals surface area (Å²) >= 11 is 0. The van der Waals surface area contributed by atoms with Crippen LogP contribution in [0.15, 0.2) is 18.2 Å². The topological polar surface area (TPSA) is 51.5 Å². The number of rotatable bonds is 2. The fourth-order valence-corrected chi connectivity index (χ4v) is 1.93. The summed E-state index contributed by atoms with van der Waals surface area (Å²) in [5, 5.41) is 7.70. The van der Waals surface area contributed by atoms with Gasteiger partial charge >= 0.3 is 0 Å². The minimum atomic E-state index is 0.345. The molecule has 5 heteroatoms. The molecule has 1 N–H and O–H groups in total. The quantitative estimate of drug-likeness (QED) is 0.824. The van der Waals surface area contributed by atoms with E-state index >= 15 is 0 Å². The minimum Gasteiger partial charge on any atom is -0.379 e. The highest BCUT2D eigenvalue weighted by Gasteiger charge is 2.17. The summed E-state index contributed by atoms with van der Waals surface area (Å²) in [7, 11) is 0. The molecule has 0 radical (unpaired) electrons. The third kappa shape index (κ3) is 1.63. The van der Waals surface area contributed by atoms with Gasteiger partial charge in [-0.15, -0.1) is 5.10 Å². The van der Waals surface area contributed by atoms with Crippen molar-refractivity contribution in [2.24, 2.45) is 0 Å². The second-order valence-electron chi connectivity index (χ2n) is 4.08. The fourth-order valence-electron chi connectivity index (χ4n) is 1.93.